The van der Waals surface area contributed by atoms with Crippen molar-refractivity contribution in [1.29, 1.82) is 0 Å². The van der Waals surface area contributed by atoms with Gasteiger partial charge < -0.3 is 14.8 Å². The topological polar surface area (TPSA) is 64.6 Å². The van der Waals surface area contributed by atoms with E-state index in [-0.39, 0.29) is 5.91 Å². The van der Waals surface area contributed by atoms with Crippen LogP contribution in [0.4, 0.5) is 5.69 Å². The van der Waals surface area contributed by atoms with Crippen molar-refractivity contribution in [1.82, 2.24) is 0 Å². The molecule has 0 saturated carbocycles. The maximum absolute atomic E-state index is 12.1. The third-order valence-electron chi connectivity index (χ3n) is 3.19. The molecule has 1 aromatic carbocycles. The summed E-state index contributed by atoms with van der Waals surface area (Å²) in [5.41, 5.74) is 1.01. The van der Waals surface area contributed by atoms with Crippen LogP contribution in [0.1, 0.15) is 37.0 Å². The Balaban J connectivity index is 2.13. The second-order valence-corrected chi connectivity index (χ2v) is 5.57. The molecule has 1 atom stereocenters. The summed E-state index contributed by atoms with van der Waals surface area (Å²) >= 11 is 0. The highest BCUT2D eigenvalue weighted by Crippen LogP contribution is 2.27. The molecule has 21 heavy (non-hydrogen) atoms. The van der Waals surface area contributed by atoms with Gasteiger partial charge in [-0.15, -0.1) is 0 Å². The molecule has 1 N–H and O–H groups in total. The molecule has 5 heteroatoms. The number of aldehydes is 1. The van der Waals surface area contributed by atoms with E-state index in [2.05, 4.69) is 5.32 Å². The van der Waals surface area contributed by atoms with Crippen LogP contribution in [-0.4, -0.2) is 31.5 Å². The molecular weight excluding hydrogens is 270 g/mol. The molecule has 1 fully saturated rings. The molecule has 114 valence electrons. The summed E-state index contributed by atoms with van der Waals surface area (Å²) in [5, 5.41) is 2.80. The van der Waals surface area contributed by atoms with E-state index in [1.165, 1.54) is 0 Å². The van der Waals surface area contributed by atoms with Crippen molar-refractivity contribution < 1.29 is 19.1 Å². The minimum atomic E-state index is -0.414. The first-order valence-corrected chi connectivity index (χ1v) is 7.24. The van der Waals surface area contributed by atoms with Crippen LogP contribution in [-0.2, 0) is 9.53 Å². The molecule has 1 unspecified atom stereocenters. The summed E-state index contributed by atoms with van der Waals surface area (Å²) < 4.78 is 11.0. The predicted octanol–water partition coefficient (Wildman–Crippen LogP) is 2.65. The van der Waals surface area contributed by atoms with Crippen LogP contribution in [0, 0.1) is 5.92 Å². The number of amides is 1. The molecule has 1 heterocycles. The highest BCUT2D eigenvalue weighted by atomic mass is 16.5. The van der Waals surface area contributed by atoms with Crippen LogP contribution in [0.15, 0.2) is 18.2 Å². The first kappa shape index (κ1) is 15.5. The number of nitrogens with one attached hydrogen (secondary N) is 1. The lowest BCUT2D eigenvalue weighted by Gasteiger charge is -2.16. The number of ether oxygens (including phenoxy) is 2. The summed E-state index contributed by atoms with van der Waals surface area (Å²) in [6.07, 6.45) is 1.95. The molecule has 1 amide bonds. The van der Waals surface area contributed by atoms with Gasteiger partial charge in [0, 0.05) is 12.2 Å². The summed E-state index contributed by atoms with van der Waals surface area (Å²) in [6, 6.07) is 5.00. The minimum absolute atomic E-state index is 0.190. The molecule has 1 saturated heterocycles. The van der Waals surface area contributed by atoms with Crippen molar-refractivity contribution in [2.24, 2.45) is 5.92 Å². The van der Waals surface area contributed by atoms with Crippen LogP contribution in [0.2, 0.25) is 0 Å². The third-order valence-corrected chi connectivity index (χ3v) is 3.19. The molecule has 0 aromatic heterocycles. The zero-order valence-corrected chi connectivity index (χ0v) is 12.4. The van der Waals surface area contributed by atoms with E-state index in [9.17, 15) is 9.59 Å². The van der Waals surface area contributed by atoms with Crippen molar-refractivity contribution in [2.75, 3.05) is 18.5 Å². The molecule has 5 nitrogen and oxygen atoms in total. The van der Waals surface area contributed by atoms with E-state index in [1.54, 1.807) is 18.2 Å². The Hall–Kier alpha value is -1.88. The number of hydrogen-bond donors (Lipinski definition) is 1. The average Bonchev–Trinajstić information content (AvgIpc) is 3.00. The maximum atomic E-state index is 12.1. The van der Waals surface area contributed by atoms with E-state index in [1.807, 2.05) is 13.8 Å². The smallest absolute Gasteiger partial charge is 0.253 e. The van der Waals surface area contributed by atoms with Gasteiger partial charge in [0.25, 0.3) is 5.91 Å². The number of benzene rings is 1. The summed E-state index contributed by atoms with van der Waals surface area (Å²) in [4.78, 5) is 23.0. The van der Waals surface area contributed by atoms with Gasteiger partial charge in [-0.2, -0.15) is 0 Å². The fourth-order valence-electron chi connectivity index (χ4n) is 2.10. The van der Waals surface area contributed by atoms with Crippen molar-refractivity contribution in [3.63, 3.8) is 0 Å². The molecule has 1 aromatic rings. The molecule has 0 spiro atoms. The van der Waals surface area contributed by atoms with Crippen molar-refractivity contribution in [3.8, 4) is 5.75 Å². The first-order valence-electron chi connectivity index (χ1n) is 7.24. The quantitative estimate of drug-likeness (QED) is 0.818. The highest BCUT2D eigenvalue weighted by Gasteiger charge is 2.24. The zero-order chi connectivity index (χ0) is 15.2. The van der Waals surface area contributed by atoms with Gasteiger partial charge in [-0.1, -0.05) is 13.8 Å². The van der Waals surface area contributed by atoms with Crippen LogP contribution in [0.5, 0.6) is 5.75 Å². The lowest BCUT2D eigenvalue weighted by molar-refractivity contribution is -0.124. The maximum Gasteiger partial charge on any atom is 0.253 e. The average molecular weight is 291 g/mol. The minimum Gasteiger partial charge on any atom is -0.491 e. The van der Waals surface area contributed by atoms with Crippen molar-refractivity contribution in [3.05, 3.63) is 23.8 Å². The molecule has 0 radical (unpaired) electrons. The number of carbonyl (C=O) groups is 2. The lowest BCUT2D eigenvalue weighted by atomic mass is 10.1. The number of anilines is 1. The van der Waals surface area contributed by atoms with Gasteiger partial charge in [0.05, 0.1) is 12.3 Å². The Morgan fingerprint density at radius 3 is 2.95 bits per heavy atom. The van der Waals surface area contributed by atoms with E-state index in [0.717, 1.165) is 19.1 Å². The number of rotatable bonds is 6. The van der Waals surface area contributed by atoms with Gasteiger partial charge in [0.15, 0.2) is 0 Å². The highest BCUT2D eigenvalue weighted by molar-refractivity contribution is 5.96. The third kappa shape index (κ3) is 4.29. The monoisotopic (exact) mass is 291 g/mol. The van der Waals surface area contributed by atoms with Crippen LogP contribution in [0.25, 0.3) is 0 Å². The predicted molar refractivity (Wildman–Crippen MR) is 79.8 cm³/mol. The van der Waals surface area contributed by atoms with Crippen LogP contribution >= 0.6 is 0 Å². The normalized spacial score (nSPS) is 17.8. The zero-order valence-electron chi connectivity index (χ0n) is 12.4. The molecule has 1 aliphatic heterocycles. The Morgan fingerprint density at radius 1 is 1.52 bits per heavy atom. The molecular formula is C16H21NO4. The summed E-state index contributed by atoms with van der Waals surface area (Å²) in [5.74, 6) is 0.753. The largest absolute Gasteiger partial charge is 0.491 e. The Labute approximate surface area is 124 Å². The van der Waals surface area contributed by atoms with Crippen LogP contribution < -0.4 is 10.1 Å². The van der Waals surface area contributed by atoms with Gasteiger partial charge in [-0.05, 0) is 37.0 Å². The Kier molecular flexibility index (Phi) is 5.33. The second-order valence-electron chi connectivity index (χ2n) is 5.57. The molecule has 2 rings (SSSR count). The van der Waals surface area contributed by atoms with Gasteiger partial charge >= 0.3 is 0 Å². The molecule has 0 bridgehead atoms. The summed E-state index contributed by atoms with van der Waals surface area (Å²) in [7, 11) is 0. The number of hydrogen-bond acceptors (Lipinski definition) is 4. The van der Waals surface area contributed by atoms with Crippen LogP contribution in [0.3, 0.4) is 0 Å². The Bertz CT molecular complexity index is 507. The van der Waals surface area contributed by atoms with E-state index in [4.69, 9.17) is 9.47 Å². The summed E-state index contributed by atoms with van der Waals surface area (Å²) in [6.45, 7) is 5.25. The van der Waals surface area contributed by atoms with Gasteiger partial charge in [-0.25, -0.2) is 0 Å². The van der Waals surface area contributed by atoms with Crippen molar-refractivity contribution in [2.45, 2.75) is 32.8 Å². The standard InChI is InChI=1S/C16H21NO4/c1-11(2)10-21-14-6-5-12(9-18)8-13(14)17-16(19)15-4-3-7-20-15/h5-6,8-9,11,15H,3-4,7,10H2,1-2H3,(H,17,19). The fraction of sp³-hybridized carbons (Fsp3) is 0.500. The SMILES string of the molecule is CC(C)COc1ccc(C=O)cc1NC(=O)C1CCCO1. The van der Waals surface area contributed by atoms with Gasteiger partial charge in [0.1, 0.15) is 18.1 Å². The molecule has 1 aliphatic rings. The molecule has 0 aliphatic carbocycles. The fourth-order valence-corrected chi connectivity index (χ4v) is 2.10. The van der Waals surface area contributed by atoms with Gasteiger partial charge in [0.2, 0.25) is 0 Å². The Morgan fingerprint density at radius 2 is 2.33 bits per heavy atom. The van der Waals surface area contributed by atoms with E-state index < -0.39 is 6.10 Å². The van der Waals surface area contributed by atoms with E-state index in [0.29, 0.717) is 36.1 Å². The first-order chi connectivity index (χ1) is 10.1. The lowest BCUT2D eigenvalue weighted by Crippen LogP contribution is -2.27. The van der Waals surface area contributed by atoms with Gasteiger partial charge in [-0.3, -0.25) is 9.59 Å². The van der Waals surface area contributed by atoms with Crippen molar-refractivity contribution >= 4 is 17.9 Å². The van der Waals surface area contributed by atoms with E-state index >= 15 is 0 Å². The number of carbonyl (C=O) groups excluding carboxylic acids is 2. The second kappa shape index (κ2) is 7.22.